The van der Waals surface area contributed by atoms with Crippen molar-refractivity contribution in [2.24, 2.45) is 0 Å². The van der Waals surface area contributed by atoms with Crippen molar-refractivity contribution in [3.63, 3.8) is 0 Å². The Morgan fingerprint density at radius 2 is 2.09 bits per heavy atom. The molecule has 1 unspecified atom stereocenters. The molecule has 64 valence electrons. The summed E-state index contributed by atoms with van der Waals surface area (Å²) >= 11 is 0. The number of nitrogens with zero attached hydrogens (tertiary/aromatic N) is 2. The number of hydrogen-bond acceptors (Lipinski definition) is 1. The van der Waals surface area contributed by atoms with Gasteiger partial charge in [-0.05, 0) is 17.6 Å². The van der Waals surface area contributed by atoms with Crippen LogP contribution < -0.4 is 0 Å². The molecule has 1 rings (SSSR count). The maximum Gasteiger partial charge on any atom is 0.211 e. The minimum Gasteiger partial charge on any atom is -0.101 e. The topological polar surface area (TPSA) is 6.25 Å². The van der Waals surface area contributed by atoms with E-state index in [1.807, 2.05) is 0 Å². The summed E-state index contributed by atoms with van der Waals surface area (Å²) in [4.78, 5) is 0.337. The largest absolute Gasteiger partial charge is 0.211 e. The molecule has 0 aliphatic carbocycles. The fourth-order valence-corrected chi connectivity index (χ4v) is 1.10. The lowest BCUT2D eigenvalue weighted by Crippen LogP contribution is -2.24. The van der Waals surface area contributed by atoms with Gasteiger partial charge in [0, 0.05) is 11.8 Å². The van der Waals surface area contributed by atoms with Crippen LogP contribution in [-0.2, 0) is 0 Å². The second-order valence-corrected chi connectivity index (χ2v) is 2.59. The van der Waals surface area contributed by atoms with Crippen molar-refractivity contribution in [2.45, 2.75) is 25.3 Å². The van der Waals surface area contributed by atoms with E-state index in [1.165, 1.54) is 0 Å². The highest BCUT2D eigenvalue weighted by atomic mass is 19.4. The van der Waals surface area contributed by atoms with Gasteiger partial charge in [0.05, 0.1) is 4.48 Å². The van der Waals surface area contributed by atoms with Crippen LogP contribution in [0.3, 0.4) is 0 Å². The maximum atomic E-state index is 12.5. The molecule has 0 N–H and O–H groups in total. The highest BCUT2D eigenvalue weighted by Crippen LogP contribution is 2.11. The van der Waals surface area contributed by atoms with Crippen molar-refractivity contribution in [3.8, 4) is 0 Å². The molecule has 0 amide bonds. The highest BCUT2D eigenvalue weighted by molar-refractivity contribution is 5.58. The quantitative estimate of drug-likeness (QED) is 0.537. The average Bonchev–Trinajstić information content (AvgIpc) is 2.13. The molecule has 0 aromatic carbocycles. The Labute approximate surface area is 62.7 Å². The summed E-state index contributed by atoms with van der Waals surface area (Å²) in [5, 5.41) is -0.947. The molecule has 0 saturated heterocycles. The zero-order valence-corrected chi connectivity index (χ0v) is 6.01. The SMILES string of the molecule is FN(F)C1C=[N+](F)CCCC1. The van der Waals surface area contributed by atoms with E-state index in [2.05, 4.69) is 0 Å². The van der Waals surface area contributed by atoms with Gasteiger partial charge in [-0.3, -0.25) is 0 Å². The van der Waals surface area contributed by atoms with Crippen LogP contribution in [0.25, 0.3) is 0 Å². The van der Waals surface area contributed by atoms with E-state index in [9.17, 15) is 13.4 Å². The molecule has 1 aliphatic heterocycles. The van der Waals surface area contributed by atoms with Crippen LogP contribution in [-0.4, -0.2) is 28.9 Å². The van der Waals surface area contributed by atoms with Gasteiger partial charge in [-0.1, -0.05) is 0 Å². The Balaban J connectivity index is 2.56. The molecule has 0 radical (unpaired) electrons. The molecule has 0 aromatic rings. The molecule has 0 fully saturated rings. The smallest absolute Gasteiger partial charge is 0.101 e. The van der Waals surface area contributed by atoms with E-state index >= 15 is 0 Å². The third-order valence-corrected chi connectivity index (χ3v) is 1.71. The van der Waals surface area contributed by atoms with Crippen LogP contribution >= 0.6 is 0 Å². The van der Waals surface area contributed by atoms with Crippen LogP contribution in [0, 0.1) is 0 Å². The van der Waals surface area contributed by atoms with Gasteiger partial charge in [0.15, 0.2) is 12.6 Å². The first-order valence-electron chi connectivity index (χ1n) is 3.58. The van der Waals surface area contributed by atoms with Crippen LogP contribution in [0.4, 0.5) is 13.4 Å². The van der Waals surface area contributed by atoms with Gasteiger partial charge in [-0.15, -0.1) is 8.96 Å². The maximum absolute atomic E-state index is 12.5. The molecule has 1 heterocycles. The molecular weight excluding hydrogens is 157 g/mol. The van der Waals surface area contributed by atoms with Gasteiger partial charge in [-0.25, -0.2) is 0 Å². The van der Waals surface area contributed by atoms with Crippen molar-refractivity contribution in [1.29, 1.82) is 0 Å². The molecule has 1 aliphatic rings. The second kappa shape index (κ2) is 3.71. The van der Waals surface area contributed by atoms with Gasteiger partial charge >= 0.3 is 0 Å². The normalized spacial score (nSPS) is 26.5. The summed E-state index contributed by atoms with van der Waals surface area (Å²) in [5.41, 5.74) is 0. The van der Waals surface area contributed by atoms with Crippen molar-refractivity contribution in [2.75, 3.05) is 6.54 Å². The first kappa shape index (κ1) is 8.52. The van der Waals surface area contributed by atoms with Gasteiger partial charge in [0.1, 0.15) is 0 Å². The zero-order chi connectivity index (χ0) is 8.27. The van der Waals surface area contributed by atoms with Crippen molar-refractivity contribution in [1.82, 2.24) is 5.34 Å². The van der Waals surface area contributed by atoms with Gasteiger partial charge in [-0.2, -0.15) is 0 Å². The summed E-state index contributed by atoms with van der Waals surface area (Å²) in [7, 11) is 0. The Bertz CT molecular complexity index is 158. The number of rotatable bonds is 1. The van der Waals surface area contributed by atoms with Crippen molar-refractivity contribution >= 4 is 6.21 Å². The third kappa shape index (κ3) is 2.49. The fraction of sp³-hybridized carbons (Fsp3) is 0.833. The van der Waals surface area contributed by atoms with E-state index < -0.39 is 11.4 Å². The molecule has 1 atom stereocenters. The minimum absolute atomic E-state index is 0.227. The Hall–Kier alpha value is -0.580. The third-order valence-electron chi connectivity index (χ3n) is 1.71. The summed E-state index contributed by atoms with van der Waals surface area (Å²) < 4.78 is 36.2. The van der Waals surface area contributed by atoms with Crippen LogP contribution in [0.5, 0.6) is 0 Å². The highest BCUT2D eigenvalue weighted by Gasteiger charge is 2.24. The Morgan fingerprint density at radius 1 is 1.36 bits per heavy atom. The van der Waals surface area contributed by atoms with Crippen LogP contribution in [0.2, 0.25) is 0 Å². The fourth-order valence-electron chi connectivity index (χ4n) is 1.10. The Kier molecular flexibility index (Phi) is 2.87. The molecule has 5 heteroatoms. The summed E-state index contributed by atoms with van der Waals surface area (Å²) in [5.74, 6) is 0. The van der Waals surface area contributed by atoms with E-state index in [0.29, 0.717) is 24.1 Å². The number of hydrogen-bond donors (Lipinski definition) is 0. The Morgan fingerprint density at radius 3 is 2.73 bits per heavy atom. The first-order chi connectivity index (χ1) is 5.20. The van der Waals surface area contributed by atoms with E-state index in [4.69, 9.17) is 0 Å². The summed E-state index contributed by atoms with van der Waals surface area (Å²) in [6.07, 6.45) is 2.53. The molecule has 2 nitrogen and oxygen atoms in total. The van der Waals surface area contributed by atoms with E-state index in [1.54, 1.807) is 0 Å². The van der Waals surface area contributed by atoms with E-state index in [0.717, 1.165) is 6.21 Å². The molecule has 11 heavy (non-hydrogen) atoms. The summed E-state index contributed by atoms with van der Waals surface area (Å²) in [6.45, 7) is 0.227. The van der Waals surface area contributed by atoms with Crippen molar-refractivity contribution < 1.29 is 18.2 Å². The first-order valence-corrected chi connectivity index (χ1v) is 3.58. The zero-order valence-electron chi connectivity index (χ0n) is 6.01. The molecule has 0 saturated carbocycles. The van der Waals surface area contributed by atoms with Crippen LogP contribution in [0.1, 0.15) is 19.3 Å². The monoisotopic (exact) mass is 167 g/mol. The summed E-state index contributed by atoms with van der Waals surface area (Å²) in [6, 6.07) is -1.05. The average molecular weight is 167 g/mol. The van der Waals surface area contributed by atoms with Gasteiger partial charge < -0.3 is 0 Å². The lowest BCUT2D eigenvalue weighted by atomic mass is 10.2. The molecular formula is C6H10F3N2+. The minimum atomic E-state index is -1.05. The number of halogens is 3. The van der Waals surface area contributed by atoms with Crippen LogP contribution in [0.15, 0.2) is 0 Å². The standard InChI is InChI=1S/C6H10F3N2/c7-10-4-2-1-3-6(5-10)11(8)9/h5-6H,1-4H2/q+1. The van der Waals surface area contributed by atoms with Gasteiger partial charge in [0.2, 0.25) is 6.21 Å². The molecule has 0 bridgehead atoms. The van der Waals surface area contributed by atoms with Gasteiger partial charge in [0.25, 0.3) is 0 Å². The van der Waals surface area contributed by atoms with E-state index in [-0.39, 0.29) is 6.54 Å². The predicted octanol–water partition coefficient (Wildman–Crippen LogP) is 1.58. The lowest BCUT2D eigenvalue weighted by molar-refractivity contribution is -0.705. The molecule has 0 aromatic heterocycles. The van der Waals surface area contributed by atoms with Crippen molar-refractivity contribution in [3.05, 3.63) is 0 Å². The second-order valence-electron chi connectivity index (χ2n) is 2.59. The lowest BCUT2D eigenvalue weighted by Gasteiger charge is -2.05. The predicted molar refractivity (Wildman–Crippen MR) is 34.0 cm³/mol. The molecule has 0 spiro atoms.